The van der Waals surface area contributed by atoms with Crippen molar-refractivity contribution in [2.45, 2.75) is 52.5 Å². The second-order valence-corrected chi connectivity index (χ2v) is 7.51. The minimum atomic E-state index is -0.398. The van der Waals surface area contributed by atoms with Crippen LogP contribution in [0.4, 0.5) is 4.79 Å². The molecule has 0 spiro atoms. The summed E-state index contributed by atoms with van der Waals surface area (Å²) in [5.41, 5.74) is 0. The van der Waals surface area contributed by atoms with Crippen LogP contribution in [0.2, 0.25) is 0 Å². The lowest BCUT2D eigenvalue weighted by molar-refractivity contribution is -0.125. The Morgan fingerprint density at radius 1 is 1.17 bits per heavy atom. The Morgan fingerprint density at radius 2 is 1.88 bits per heavy atom. The number of nitrogens with one attached hydrogen (secondary N) is 2. The van der Waals surface area contributed by atoms with E-state index in [0.717, 1.165) is 32.0 Å². The van der Waals surface area contributed by atoms with Gasteiger partial charge in [0.15, 0.2) is 0 Å². The fourth-order valence-electron chi connectivity index (χ4n) is 3.79. The van der Waals surface area contributed by atoms with E-state index < -0.39 is 6.03 Å². The fraction of sp³-hybridized carbons (Fsp3) is 0.889. The molecule has 0 unspecified atom stereocenters. The third-order valence-corrected chi connectivity index (χ3v) is 5.44. The Balaban J connectivity index is 1.79. The Kier molecular flexibility index (Phi) is 7.49. The first-order chi connectivity index (χ1) is 11.5. The quantitative estimate of drug-likeness (QED) is 0.800. The van der Waals surface area contributed by atoms with E-state index in [4.69, 9.17) is 0 Å². The van der Waals surface area contributed by atoms with Gasteiger partial charge in [0.25, 0.3) is 0 Å². The lowest BCUT2D eigenvalue weighted by Gasteiger charge is -2.39. The van der Waals surface area contributed by atoms with Crippen molar-refractivity contribution < 1.29 is 9.59 Å². The van der Waals surface area contributed by atoms with E-state index in [-0.39, 0.29) is 11.9 Å². The van der Waals surface area contributed by atoms with E-state index in [1.807, 2.05) is 13.8 Å². The second kappa shape index (κ2) is 9.37. The van der Waals surface area contributed by atoms with E-state index in [2.05, 4.69) is 27.4 Å². The Labute approximate surface area is 146 Å². The third kappa shape index (κ3) is 5.74. The van der Waals surface area contributed by atoms with Crippen LogP contribution < -0.4 is 10.6 Å². The molecule has 3 amide bonds. The number of hydrogen-bond donors (Lipinski definition) is 2. The normalized spacial score (nSPS) is 25.2. The van der Waals surface area contributed by atoms with Crippen molar-refractivity contribution >= 4 is 11.9 Å². The molecule has 0 aliphatic carbocycles. The number of nitrogens with zero attached hydrogens (tertiary/aromatic N) is 2. The van der Waals surface area contributed by atoms with Gasteiger partial charge in [0.2, 0.25) is 5.91 Å². The first-order valence-electron chi connectivity index (χ1n) is 9.54. The van der Waals surface area contributed by atoms with E-state index in [1.54, 1.807) is 0 Å². The van der Waals surface area contributed by atoms with Crippen molar-refractivity contribution in [2.24, 2.45) is 11.8 Å². The summed E-state index contributed by atoms with van der Waals surface area (Å²) in [5.74, 6) is 1.29. The van der Waals surface area contributed by atoms with Gasteiger partial charge in [-0.25, -0.2) is 4.79 Å². The van der Waals surface area contributed by atoms with Crippen molar-refractivity contribution in [3.05, 3.63) is 0 Å². The number of amides is 3. The van der Waals surface area contributed by atoms with Crippen molar-refractivity contribution in [1.82, 2.24) is 20.4 Å². The van der Waals surface area contributed by atoms with Crippen LogP contribution in [0, 0.1) is 11.8 Å². The van der Waals surface area contributed by atoms with Crippen LogP contribution in [0.1, 0.15) is 46.5 Å². The van der Waals surface area contributed by atoms with E-state index in [1.165, 1.54) is 32.4 Å². The molecule has 0 aromatic carbocycles. The maximum absolute atomic E-state index is 12.2. The standard InChI is InChI=1S/C18H34N4O2/c1-4-19-18(24)20-17(23)15(3)22-9-5-6-16(13-22)12-21-10-7-14(2)8-11-21/h14-16H,4-13H2,1-3H3,(H2,19,20,23,24)/t15-,16+/m1/s1. The van der Waals surface area contributed by atoms with Crippen molar-refractivity contribution in [3.8, 4) is 0 Å². The molecule has 0 saturated carbocycles. The zero-order valence-corrected chi connectivity index (χ0v) is 15.5. The summed E-state index contributed by atoms with van der Waals surface area (Å²) in [6, 6.07) is -0.651. The first-order valence-corrected chi connectivity index (χ1v) is 9.54. The smallest absolute Gasteiger partial charge is 0.321 e. The van der Waals surface area contributed by atoms with Gasteiger partial charge in [-0.15, -0.1) is 0 Å². The summed E-state index contributed by atoms with van der Waals surface area (Å²) in [5, 5.41) is 5.04. The molecular weight excluding hydrogens is 304 g/mol. The summed E-state index contributed by atoms with van der Waals surface area (Å²) >= 11 is 0. The van der Waals surface area contributed by atoms with Gasteiger partial charge in [-0.3, -0.25) is 15.0 Å². The van der Waals surface area contributed by atoms with Gasteiger partial charge in [0.05, 0.1) is 6.04 Å². The van der Waals surface area contributed by atoms with Crippen LogP contribution in [0.5, 0.6) is 0 Å². The third-order valence-electron chi connectivity index (χ3n) is 5.44. The highest BCUT2D eigenvalue weighted by atomic mass is 16.2. The minimum absolute atomic E-state index is 0.201. The zero-order valence-electron chi connectivity index (χ0n) is 15.5. The van der Waals surface area contributed by atoms with Crippen LogP contribution in [0.25, 0.3) is 0 Å². The predicted octanol–water partition coefficient (Wildman–Crippen LogP) is 1.66. The van der Waals surface area contributed by atoms with Crippen LogP contribution in [-0.4, -0.2) is 67.0 Å². The molecule has 138 valence electrons. The number of imide groups is 1. The highest BCUT2D eigenvalue weighted by molar-refractivity contribution is 5.96. The predicted molar refractivity (Wildman–Crippen MR) is 95.8 cm³/mol. The monoisotopic (exact) mass is 338 g/mol. The fourth-order valence-corrected chi connectivity index (χ4v) is 3.79. The largest absolute Gasteiger partial charge is 0.338 e. The minimum Gasteiger partial charge on any atom is -0.338 e. The zero-order chi connectivity index (χ0) is 17.5. The molecule has 2 atom stereocenters. The first kappa shape index (κ1) is 19.2. The summed E-state index contributed by atoms with van der Waals surface area (Å²) in [6.07, 6.45) is 4.99. The van der Waals surface area contributed by atoms with Crippen molar-refractivity contribution in [2.75, 3.05) is 39.3 Å². The maximum Gasteiger partial charge on any atom is 0.321 e. The van der Waals surface area contributed by atoms with Crippen LogP contribution in [-0.2, 0) is 4.79 Å². The molecular formula is C18H34N4O2. The number of piperidine rings is 2. The SMILES string of the molecule is CCNC(=O)NC(=O)[C@@H](C)N1CCC[C@@H](CN2CCC(C)CC2)C1. The molecule has 6 nitrogen and oxygen atoms in total. The number of hydrogen-bond acceptors (Lipinski definition) is 4. The topological polar surface area (TPSA) is 64.7 Å². The van der Waals surface area contributed by atoms with Crippen molar-refractivity contribution in [1.29, 1.82) is 0 Å². The lowest BCUT2D eigenvalue weighted by atomic mass is 9.93. The number of carbonyl (C=O) groups excluding carboxylic acids is 2. The molecule has 2 heterocycles. The Bertz CT molecular complexity index is 421. The van der Waals surface area contributed by atoms with Crippen LogP contribution in [0.15, 0.2) is 0 Å². The molecule has 2 rings (SSSR count). The van der Waals surface area contributed by atoms with Gasteiger partial charge in [-0.2, -0.15) is 0 Å². The molecule has 0 aromatic rings. The lowest BCUT2D eigenvalue weighted by Crippen LogP contribution is -2.53. The molecule has 0 aromatic heterocycles. The Hall–Kier alpha value is -1.14. The Morgan fingerprint density at radius 3 is 2.54 bits per heavy atom. The van der Waals surface area contributed by atoms with E-state index in [0.29, 0.717) is 12.5 Å². The van der Waals surface area contributed by atoms with Gasteiger partial charge < -0.3 is 10.2 Å². The average molecular weight is 338 g/mol. The van der Waals surface area contributed by atoms with E-state index >= 15 is 0 Å². The number of likely N-dealkylation sites (tertiary alicyclic amines) is 2. The van der Waals surface area contributed by atoms with Crippen molar-refractivity contribution in [3.63, 3.8) is 0 Å². The molecule has 2 saturated heterocycles. The van der Waals surface area contributed by atoms with Gasteiger partial charge in [-0.1, -0.05) is 6.92 Å². The number of rotatable bonds is 5. The summed E-state index contributed by atoms with van der Waals surface area (Å²) in [4.78, 5) is 28.6. The van der Waals surface area contributed by atoms with E-state index in [9.17, 15) is 9.59 Å². The molecule has 0 bridgehead atoms. The average Bonchev–Trinajstić information content (AvgIpc) is 2.56. The molecule has 0 radical (unpaired) electrons. The highest BCUT2D eigenvalue weighted by Gasteiger charge is 2.29. The van der Waals surface area contributed by atoms with Crippen LogP contribution in [0.3, 0.4) is 0 Å². The number of carbonyl (C=O) groups is 2. The maximum atomic E-state index is 12.2. The van der Waals surface area contributed by atoms with Gasteiger partial charge in [0.1, 0.15) is 0 Å². The van der Waals surface area contributed by atoms with Crippen LogP contribution >= 0.6 is 0 Å². The van der Waals surface area contributed by atoms with Gasteiger partial charge in [0, 0.05) is 19.6 Å². The summed E-state index contributed by atoms with van der Waals surface area (Å²) in [7, 11) is 0. The summed E-state index contributed by atoms with van der Waals surface area (Å²) in [6.45, 7) is 12.1. The van der Waals surface area contributed by atoms with Gasteiger partial charge >= 0.3 is 6.03 Å². The summed E-state index contributed by atoms with van der Waals surface area (Å²) < 4.78 is 0. The molecule has 6 heteroatoms. The molecule has 2 fully saturated rings. The highest BCUT2D eigenvalue weighted by Crippen LogP contribution is 2.22. The van der Waals surface area contributed by atoms with Gasteiger partial charge in [-0.05, 0) is 71.0 Å². The molecule has 2 N–H and O–H groups in total. The molecule has 2 aliphatic heterocycles. The molecule has 24 heavy (non-hydrogen) atoms. The molecule has 2 aliphatic rings. The second-order valence-electron chi connectivity index (χ2n) is 7.51. The number of urea groups is 1.